The summed E-state index contributed by atoms with van der Waals surface area (Å²) in [4.78, 5) is 21.0. The molecule has 3 heterocycles. The highest BCUT2D eigenvalue weighted by atomic mass is 19.4. The Hall–Kier alpha value is -2.81. The van der Waals surface area contributed by atoms with E-state index < -0.39 is 34.9 Å². The van der Waals surface area contributed by atoms with E-state index >= 15 is 0 Å². The fraction of sp³-hybridized carbons (Fsp3) is 0.838. The highest BCUT2D eigenvalue weighted by molar-refractivity contribution is 5.69. The molecule has 6 nitrogen and oxygen atoms in total. The van der Waals surface area contributed by atoms with Crippen LogP contribution >= 0.6 is 0 Å². The number of carbonyl (C=O) groups excluding carboxylic acids is 1. The number of benzene rings is 1. The van der Waals surface area contributed by atoms with Crippen molar-refractivity contribution >= 4 is 6.09 Å². The molecular weight excluding hydrogens is 1040 g/mol. The summed E-state index contributed by atoms with van der Waals surface area (Å²) in [6.07, 6.45) is 61.8. The van der Waals surface area contributed by atoms with Gasteiger partial charge in [0.1, 0.15) is 11.7 Å². The summed E-state index contributed by atoms with van der Waals surface area (Å²) in [5.41, 5.74) is -0.958. The van der Waals surface area contributed by atoms with Crippen molar-refractivity contribution in [3.63, 3.8) is 0 Å². The summed E-state index contributed by atoms with van der Waals surface area (Å²) in [5.74, 6) is -0.119. The highest BCUT2D eigenvalue weighted by Crippen LogP contribution is 2.52. The van der Waals surface area contributed by atoms with Crippen molar-refractivity contribution in [2.75, 3.05) is 13.2 Å². The molecule has 3 fully saturated rings. The van der Waals surface area contributed by atoms with Gasteiger partial charge in [-0.1, -0.05) is 326 Å². The lowest BCUT2D eigenvalue weighted by Crippen LogP contribution is -2.50. The minimum atomic E-state index is -4.55. The van der Waals surface area contributed by atoms with Crippen LogP contribution in [-0.2, 0) is 15.7 Å². The number of nitrogens with zero attached hydrogens (tertiary/aromatic N) is 2. The van der Waals surface area contributed by atoms with Crippen LogP contribution in [-0.4, -0.2) is 46.4 Å². The van der Waals surface area contributed by atoms with E-state index in [1.165, 1.54) is 269 Å². The molecule has 2 saturated heterocycles. The topological polar surface area (TPSA) is 60.9 Å². The second-order valence-electron chi connectivity index (χ2n) is 27.6. The predicted octanol–water partition coefficient (Wildman–Crippen LogP) is 24.6. The molecule has 0 N–H and O–H groups in total. The van der Waals surface area contributed by atoms with Crippen LogP contribution in [0.5, 0.6) is 5.88 Å². The summed E-state index contributed by atoms with van der Waals surface area (Å²) < 4.78 is 62.9. The Balaban J connectivity index is 1.17. The Morgan fingerprint density at radius 1 is 0.518 bits per heavy atom. The molecule has 1 aliphatic carbocycles. The normalized spacial score (nSPS) is 25.1. The number of alkyl halides is 3. The van der Waals surface area contributed by atoms with Crippen molar-refractivity contribution in [3.8, 4) is 5.88 Å². The van der Waals surface area contributed by atoms with Crippen LogP contribution in [0.2, 0.25) is 0 Å². The van der Waals surface area contributed by atoms with E-state index in [0.29, 0.717) is 24.9 Å². The lowest BCUT2D eigenvalue weighted by atomic mass is 9.77. The van der Waals surface area contributed by atoms with Gasteiger partial charge in [0.15, 0.2) is 0 Å². The third kappa shape index (κ3) is 31.6. The van der Waals surface area contributed by atoms with E-state index in [-0.39, 0.29) is 24.7 Å². The predicted molar refractivity (Wildman–Crippen MR) is 343 cm³/mol. The van der Waals surface area contributed by atoms with Gasteiger partial charge in [-0.05, 0) is 64.5 Å². The van der Waals surface area contributed by atoms with Crippen LogP contribution in [0.3, 0.4) is 0 Å². The standard InChI is InChI=1S/C74H125F3N2O4/c1-72(2,3)83-71(80)79-59-53-48-46-44-42-40-38-36-34-32-30-28-26-24-22-20-18-16-14-12-10-8-6-4-5-7-9-11-13-15-17-19-21-23-25-27-29-31-33-35-37-39-41-43-45-47-52-58-73(69(79)64-54-50-49-51-55-64)61-65(63-81-73)68-60-66(74(75,76)77)62-78-70(68)82-67-56-57-67/h49-51,54-55,60,62,65,67,69H,4-48,52-53,56-59,61,63H2,1-3H3/t65-,69-,73+/m0/s1. The fourth-order valence-electron chi connectivity index (χ4n) is 13.6. The average molecular weight is 1160 g/mol. The summed E-state index contributed by atoms with van der Waals surface area (Å²) in [7, 11) is 0. The molecule has 1 saturated carbocycles. The van der Waals surface area contributed by atoms with Crippen LogP contribution in [0.4, 0.5) is 18.0 Å². The van der Waals surface area contributed by atoms with E-state index in [1.807, 2.05) is 43.9 Å². The van der Waals surface area contributed by atoms with Crippen molar-refractivity contribution in [3.05, 3.63) is 59.3 Å². The Kier molecular flexibility index (Phi) is 36.7. The van der Waals surface area contributed by atoms with Crippen molar-refractivity contribution in [2.45, 2.75) is 384 Å². The number of hydrogen-bond acceptors (Lipinski definition) is 5. The van der Waals surface area contributed by atoms with Crippen molar-refractivity contribution in [1.82, 2.24) is 9.88 Å². The Labute approximate surface area is 507 Å². The van der Waals surface area contributed by atoms with Crippen molar-refractivity contribution in [2.24, 2.45) is 0 Å². The van der Waals surface area contributed by atoms with Crippen LogP contribution in [0, 0.1) is 0 Å². The van der Waals surface area contributed by atoms with E-state index in [0.717, 1.165) is 63.1 Å². The molecule has 2 aliphatic heterocycles. The highest BCUT2D eigenvalue weighted by Gasteiger charge is 2.52. The van der Waals surface area contributed by atoms with E-state index in [2.05, 4.69) is 17.1 Å². The van der Waals surface area contributed by atoms with Crippen LogP contribution in [0.25, 0.3) is 0 Å². The van der Waals surface area contributed by atoms with Crippen LogP contribution in [0.1, 0.15) is 377 Å². The molecular formula is C74H125F3N2O4. The van der Waals surface area contributed by atoms with Gasteiger partial charge >= 0.3 is 12.3 Å². The first-order chi connectivity index (χ1) is 40.5. The summed E-state index contributed by atoms with van der Waals surface area (Å²) in [6.45, 7) is 6.48. The second-order valence-corrected chi connectivity index (χ2v) is 27.6. The number of carbonyl (C=O) groups is 1. The number of rotatable bonds is 4. The van der Waals surface area contributed by atoms with Crippen LogP contribution < -0.4 is 4.74 Å². The number of halogens is 3. The van der Waals surface area contributed by atoms with Gasteiger partial charge < -0.3 is 14.2 Å². The molecule has 1 spiro atoms. The van der Waals surface area contributed by atoms with Crippen molar-refractivity contribution < 1.29 is 32.2 Å². The van der Waals surface area contributed by atoms with Gasteiger partial charge in [-0.3, -0.25) is 4.90 Å². The molecule has 1 amide bonds. The van der Waals surface area contributed by atoms with E-state index in [9.17, 15) is 18.0 Å². The molecule has 3 atom stereocenters. The number of amides is 1. The van der Waals surface area contributed by atoms with Gasteiger partial charge in [-0.25, -0.2) is 9.78 Å². The maximum atomic E-state index is 14.8. The van der Waals surface area contributed by atoms with Gasteiger partial charge in [-0.15, -0.1) is 0 Å². The smallest absolute Gasteiger partial charge is 0.417 e. The molecule has 0 unspecified atom stereocenters. The maximum Gasteiger partial charge on any atom is 0.417 e. The fourth-order valence-corrected chi connectivity index (χ4v) is 13.6. The SMILES string of the molecule is CC(C)(C)OC(=O)N1CCCCCCCCCCCCCCCCCCCCCCCCCCCCCCCCCCCCCCCCCCCCCCCCC[C@@]2(C[C@H](c3cc(C(F)(F)F)cnc3OC3CC3)CO2)[C@@H]1c1ccccc1. The van der Waals surface area contributed by atoms with E-state index in [4.69, 9.17) is 14.2 Å². The monoisotopic (exact) mass is 1160 g/mol. The molecule has 2 aromatic rings. The number of hydrogen-bond donors (Lipinski definition) is 0. The van der Waals surface area contributed by atoms with Gasteiger partial charge in [0.25, 0.3) is 0 Å². The first-order valence-electron chi connectivity index (χ1n) is 35.9. The summed E-state index contributed by atoms with van der Waals surface area (Å²) in [5, 5.41) is 0. The lowest BCUT2D eigenvalue weighted by Gasteiger charge is -2.44. The minimum Gasteiger partial charge on any atom is -0.474 e. The summed E-state index contributed by atoms with van der Waals surface area (Å²) in [6, 6.07) is 11.0. The third-order valence-corrected chi connectivity index (χ3v) is 18.7. The number of pyridine rings is 1. The van der Waals surface area contributed by atoms with Crippen LogP contribution in [0.15, 0.2) is 42.6 Å². The second kappa shape index (κ2) is 42.9. The Bertz CT molecular complexity index is 1900. The molecule has 9 heteroatoms. The summed E-state index contributed by atoms with van der Waals surface area (Å²) >= 11 is 0. The van der Waals surface area contributed by atoms with E-state index in [1.54, 1.807) is 0 Å². The van der Waals surface area contributed by atoms with Gasteiger partial charge in [0.2, 0.25) is 5.88 Å². The maximum absolute atomic E-state index is 14.8. The molecule has 0 bridgehead atoms. The molecule has 83 heavy (non-hydrogen) atoms. The molecule has 5 rings (SSSR count). The quantitative estimate of drug-likeness (QED) is 0.305. The largest absolute Gasteiger partial charge is 0.474 e. The first-order valence-corrected chi connectivity index (χ1v) is 35.9. The molecule has 0 radical (unpaired) electrons. The molecule has 476 valence electrons. The number of aromatic nitrogens is 1. The zero-order valence-electron chi connectivity index (χ0n) is 53.9. The zero-order valence-corrected chi connectivity index (χ0v) is 53.9. The van der Waals surface area contributed by atoms with Crippen molar-refractivity contribution in [1.29, 1.82) is 0 Å². The van der Waals surface area contributed by atoms with Gasteiger partial charge in [0, 0.05) is 24.2 Å². The molecule has 1 aromatic heterocycles. The Morgan fingerprint density at radius 3 is 1.20 bits per heavy atom. The third-order valence-electron chi connectivity index (χ3n) is 18.7. The number of ether oxygens (including phenoxy) is 3. The zero-order chi connectivity index (χ0) is 59.0. The Morgan fingerprint density at radius 2 is 0.867 bits per heavy atom. The lowest BCUT2D eigenvalue weighted by molar-refractivity contribution is -0.137. The average Bonchev–Trinajstić information content (AvgIpc) is 4.42. The minimum absolute atomic E-state index is 0.0291. The van der Waals surface area contributed by atoms with Gasteiger partial charge in [-0.2, -0.15) is 13.2 Å². The molecule has 1 aromatic carbocycles. The first kappa shape index (κ1) is 70.9. The molecule has 3 aliphatic rings. The van der Waals surface area contributed by atoms with Gasteiger partial charge in [0.05, 0.1) is 23.8 Å².